The molecule has 4 nitrogen and oxygen atoms in total. The molecule has 0 saturated carbocycles. The molecule has 0 aliphatic carbocycles. The van der Waals surface area contributed by atoms with E-state index in [9.17, 15) is 4.79 Å². The lowest BCUT2D eigenvalue weighted by Gasteiger charge is -2.08. The zero-order valence-corrected chi connectivity index (χ0v) is 26.0. The van der Waals surface area contributed by atoms with Crippen LogP contribution in [-0.4, -0.2) is 13.2 Å². The average molecular weight is 581 g/mol. The van der Waals surface area contributed by atoms with E-state index in [0.29, 0.717) is 17.8 Å². The van der Waals surface area contributed by atoms with E-state index < -0.39 is 0 Å². The van der Waals surface area contributed by atoms with Gasteiger partial charge in [-0.2, -0.15) is 0 Å². The van der Waals surface area contributed by atoms with Crippen molar-refractivity contribution in [2.75, 3.05) is 13.2 Å². The summed E-state index contributed by atoms with van der Waals surface area (Å²) in [4.78, 5) is 12.8. The predicted molar refractivity (Wildman–Crippen MR) is 180 cm³/mol. The van der Waals surface area contributed by atoms with Gasteiger partial charge >= 0.3 is 5.63 Å². The van der Waals surface area contributed by atoms with Crippen LogP contribution in [0.4, 0.5) is 0 Å². The van der Waals surface area contributed by atoms with Crippen molar-refractivity contribution >= 4 is 17.0 Å². The number of ether oxygens (including phenoxy) is 2. The summed E-state index contributed by atoms with van der Waals surface area (Å²) in [5.74, 6) is 1.68. The van der Waals surface area contributed by atoms with Crippen LogP contribution in [0.25, 0.3) is 28.2 Å². The Hall–Kier alpha value is -3.79. The summed E-state index contributed by atoms with van der Waals surface area (Å²) in [5, 5.41) is 0.903. The highest BCUT2D eigenvalue weighted by atomic mass is 16.5. The molecule has 0 N–H and O–H groups in total. The first-order valence-corrected chi connectivity index (χ1v) is 16.3. The van der Waals surface area contributed by atoms with Crippen LogP contribution in [0.3, 0.4) is 0 Å². The normalized spacial score (nSPS) is 11.1. The van der Waals surface area contributed by atoms with Crippen molar-refractivity contribution in [3.63, 3.8) is 0 Å². The lowest BCUT2D eigenvalue weighted by atomic mass is 10.0. The number of unbranched alkanes of at least 4 members (excludes halogenated alkanes) is 10. The molecule has 228 valence electrons. The fourth-order valence-corrected chi connectivity index (χ4v) is 5.33. The molecule has 4 heteroatoms. The van der Waals surface area contributed by atoms with Gasteiger partial charge in [0.1, 0.15) is 17.1 Å². The van der Waals surface area contributed by atoms with Gasteiger partial charge in [-0.05, 0) is 72.7 Å². The molecule has 0 fully saturated rings. The van der Waals surface area contributed by atoms with Gasteiger partial charge in [0.25, 0.3) is 0 Å². The molecule has 0 unspecified atom stereocenters. The number of fused-ring (bicyclic) bond motifs is 1. The van der Waals surface area contributed by atoms with Crippen molar-refractivity contribution in [3.8, 4) is 22.6 Å². The average Bonchev–Trinajstić information content (AvgIpc) is 3.03. The fourth-order valence-electron chi connectivity index (χ4n) is 5.33. The van der Waals surface area contributed by atoms with E-state index >= 15 is 0 Å². The van der Waals surface area contributed by atoms with Crippen molar-refractivity contribution in [1.29, 1.82) is 0 Å². The van der Waals surface area contributed by atoms with E-state index in [4.69, 9.17) is 13.9 Å². The Balaban J connectivity index is 1.07. The van der Waals surface area contributed by atoms with Crippen LogP contribution >= 0.6 is 0 Å². The molecule has 3 aromatic carbocycles. The summed E-state index contributed by atoms with van der Waals surface area (Å²) in [6.45, 7) is 7.45. The monoisotopic (exact) mass is 580 g/mol. The first kappa shape index (κ1) is 32.1. The van der Waals surface area contributed by atoms with Gasteiger partial charge in [0.05, 0.1) is 18.8 Å². The van der Waals surface area contributed by atoms with Crippen molar-refractivity contribution in [2.24, 2.45) is 0 Å². The van der Waals surface area contributed by atoms with Crippen molar-refractivity contribution in [2.45, 2.75) is 90.4 Å². The largest absolute Gasteiger partial charge is 0.494 e. The molecule has 0 saturated heterocycles. The number of hydrogen-bond acceptors (Lipinski definition) is 4. The van der Waals surface area contributed by atoms with Crippen molar-refractivity contribution in [3.05, 3.63) is 101 Å². The number of benzene rings is 3. The standard InChI is InChI=1S/C39H48O4/c1-3-5-13-16-32-17-21-33(22-18-32)37-29-34-23-26-36(30-38(34)43-39(37)40)42-28-15-12-10-8-6-7-9-11-14-27-41-35-24-19-31(4-2)20-25-35/h4,17-26,29-30H,2-3,5-16,27-28H2,1H3. The molecule has 0 amide bonds. The molecule has 4 aromatic rings. The topological polar surface area (TPSA) is 48.7 Å². The Morgan fingerprint density at radius 3 is 1.91 bits per heavy atom. The zero-order valence-electron chi connectivity index (χ0n) is 26.0. The summed E-state index contributed by atoms with van der Waals surface area (Å²) in [7, 11) is 0. The van der Waals surface area contributed by atoms with Crippen molar-refractivity contribution < 1.29 is 13.9 Å². The Labute approximate surface area is 257 Å². The zero-order chi connectivity index (χ0) is 30.1. The third-order valence-electron chi connectivity index (χ3n) is 7.98. The molecule has 0 aliphatic rings. The minimum Gasteiger partial charge on any atom is -0.494 e. The predicted octanol–water partition coefficient (Wildman–Crippen LogP) is 10.8. The Morgan fingerprint density at radius 2 is 1.28 bits per heavy atom. The van der Waals surface area contributed by atoms with E-state index in [-0.39, 0.29) is 5.63 Å². The highest BCUT2D eigenvalue weighted by Crippen LogP contribution is 2.25. The quantitative estimate of drug-likeness (QED) is 0.0770. The molecule has 4 rings (SSSR count). The molecule has 1 heterocycles. The van der Waals surface area contributed by atoms with E-state index in [0.717, 1.165) is 53.9 Å². The second kappa shape index (κ2) is 18.0. The Bertz CT molecular complexity index is 1430. The van der Waals surface area contributed by atoms with Gasteiger partial charge in [0, 0.05) is 11.5 Å². The number of hydrogen-bond donors (Lipinski definition) is 0. The number of rotatable bonds is 20. The highest BCUT2D eigenvalue weighted by molar-refractivity contribution is 5.82. The highest BCUT2D eigenvalue weighted by Gasteiger charge is 2.09. The van der Waals surface area contributed by atoms with E-state index in [1.54, 1.807) is 0 Å². The van der Waals surface area contributed by atoms with Gasteiger partial charge in [0.15, 0.2) is 0 Å². The first-order valence-electron chi connectivity index (χ1n) is 16.3. The lowest BCUT2D eigenvalue weighted by Crippen LogP contribution is -2.03. The Kier molecular flexibility index (Phi) is 13.5. The van der Waals surface area contributed by atoms with Crippen LogP contribution in [0.5, 0.6) is 11.5 Å². The van der Waals surface area contributed by atoms with Gasteiger partial charge in [-0.15, -0.1) is 0 Å². The van der Waals surface area contributed by atoms with Gasteiger partial charge in [-0.25, -0.2) is 4.79 Å². The summed E-state index contributed by atoms with van der Waals surface area (Å²) < 4.78 is 17.5. The molecule has 43 heavy (non-hydrogen) atoms. The van der Waals surface area contributed by atoms with Crippen LogP contribution in [0, 0.1) is 0 Å². The molecule has 0 aliphatic heterocycles. The maximum absolute atomic E-state index is 12.8. The van der Waals surface area contributed by atoms with E-state index in [1.807, 2.05) is 66.7 Å². The second-order valence-electron chi connectivity index (χ2n) is 11.5. The van der Waals surface area contributed by atoms with Gasteiger partial charge in [-0.3, -0.25) is 0 Å². The fraction of sp³-hybridized carbons (Fsp3) is 0.410. The molecule has 0 atom stereocenters. The second-order valence-corrected chi connectivity index (χ2v) is 11.5. The maximum Gasteiger partial charge on any atom is 0.344 e. The summed E-state index contributed by atoms with van der Waals surface area (Å²) in [6, 6.07) is 24.1. The minimum atomic E-state index is -0.313. The molecule has 0 radical (unpaired) electrons. The van der Waals surface area contributed by atoms with Crippen LogP contribution in [-0.2, 0) is 6.42 Å². The van der Waals surface area contributed by atoms with Crippen LogP contribution in [0.1, 0.15) is 95.1 Å². The summed E-state index contributed by atoms with van der Waals surface area (Å²) in [6.07, 6.45) is 17.5. The molecular weight excluding hydrogens is 532 g/mol. The van der Waals surface area contributed by atoms with Crippen molar-refractivity contribution in [1.82, 2.24) is 0 Å². The van der Waals surface area contributed by atoms with E-state index in [1.165, 1.54) is 69.8 Å². The van der Waals surface area contributed by atoms with Crippen LogP contribution in [0.15, 0.2) is 88.6 Å². The first-order chi connectivity index (χ1) is 21.2. The van der Waals surface area contributed by atoms with Crippen LogP contribution in [0.2, 0.25) is 0 Å². The van der Waals surface area contributed by atoms with Gasteiger partial charge in [-0.1, -0.05) is 114 Å². The molecule has 0 spiro atoms. The van der Waals surface area contributed by atoms with E-state index in [2.05, 4.69) is 25.6 Å². The maximum atomic E-state index is 12.8. The molecule has 1 aromatic heterocycles. The molecular formula is C39H48O4. The SMILES string of the molecule is C=Cc1ccc(OCCCCCCCCCCCOc2ccc3cc(-c4ccc(CCCCC)cc4)c(=O)oc3c2)cc1. The lowest BCUT2D eigenvalue weighted by molar-refractivity contribution is 0.302. The van der Waals surface area contributed by atoms with Gasteiger partial charge < -0.3 is 13.9 Å². The third-order valence-corrected chi connectivity index (χ3v) is 7.98. The van der Waals surface area contributed by atoms with Gasteiger partial charge in [0.2, 0.25) is 0 Å². The number of aryl methyl sites for hydroxylation is 1. The summed E-state index contributed by atoms with van der Waals surface area (Å²) >= 11 is 0. The molecule has 0 bridgehead atoms. The minimum absolute atomic E-state index is 0.313. The van der Waals surface area contributed by atoms with Crippen LogP contribution < -0.4 is 15.1 Å². The smallest absolute Gasteiger partial charge is 0.344 e. The summed E-state index contributed by atoms with van der Waals surface area (Å²) in [5.41, 5.74) is 4.17. The Morgan fingerprint density at radius 1 is 0.674 bits per heavy atom. The third kappa shape index (κ3) is 10.8.